The largest absolute Gasteiger partial charge is 0.342 e. The minimum absolute atomic E-state index is 0.653. The molecule has 1 saturated carbocycles. The molecule has 0 saturated heterocycles. The molecule has 1 atom stereocenters. The minimum atomic E-state index is 0.653. The smallest absolute Gasteiger partial charge is 0.0504 e. The van der Waals surface area contributed by atoms with E-state index in [0.29, 0.717) is 6.04 Å². The monoisotopic (exact) mass is 400 g/mol. The van der Waals surface area contributed by atoms with Gasteiger partial charge >= 0.3 is 0 Å². The molecule has 1 fully saturated rings. The third kappa shape index (κ3) is 2.70. The van der Waals surface area contributed by atoms with Crippen molar-refractivity contribution >= 4 is 26.8 Å². The van der Waals surface area contributed by atoms with Crippen molar-refractivity contribution < 1.29 is 0 Å². The molecular formula is C22H29BrN2. The quantitative estimate of drug-likeness (QED) is 0.592. The number of nitrogens with zero attached hydrogens (tertiary/aromatic N) is 2. The maximum absolute atomic E-state index is 3.66. The van der Waals surface area contributed by atoms with E-state index in [1.807, 2.05) is 0 Å². The summed E-state index contributed by atoms with van der Waals surface area (Å²) < 4.78 is 2.67. The van der Waals surface area contributed by atoms with Crippen molar-refractivity contribution in [2.75, 3.05) is 18.4 Å². The van der Waals surface area contributed by atoms with Crippen molar-refractivity contribution in [2.24, 2.45) is 0 Å². The molecule has 0 amide bonds. The average molecular weight is 401 g/mol. The highest BCUT2D eigenvalue weighted by molar-refractivity contribution is 9.09. The van der Waals surface area contributed by atoms with Gasteiger partial charge in [0.15, 0.2) is 0 Å². The third-order valence-electron chi connectivity index (χ3n) is 6.96. The maximum Gasteiger partial charge on any atom is 0.0504 e. The van der Waals surface area contributed by atoms with Gasteiger partial charge in [0.2, 0.25) is 0 Å². The zero-order valence-electron chi connectivity index (χ0n) is 15.1. The first-order valence-electron chi connectivity index (χ1n) is 10.3. The second-order valence-corrected chi connectivity index (χ2v) is 9.05. The molecule has 2 nitrogen and oxygen atoms in total. The van der Waals surface area contributed by atoms with Crippen LogP contribution in [0.2, 0.25) is 0 Å². The maximum atomic E-state index is 3.66. The molecule has 1 aliphatic heterocycles. The van der Waals surface area contributed by atoms with Crippen LogP contribution >= 0.6 is 15.9 Å². The van der Waals surface area contributed by atoms with E-state index in [9.17, 15) is 0 Å². The minimum Gasteiger partial charge on any atom is -0.342 e. The number of hydrogen-bond acceptors (Lipinski definition) is 1. The number of alkyl halides is 1. The summed E-state index contributed by atoms with van der Waals surface area (Å²) in [5.74, 6) is 0.812. The Hall–Kier alpha value is -0.800. The molecule has 0 bridgehead atoms. The normalized spacial score (nSPS) is 24.6. The summed E-state index contributed by atoms with van der Waals surface area (Å²) in [4.78, 5) is 2.72. The lowest BCUT2D eigenvalue weighted by atomic mass is 9.83. The Morgan fingerprint density at radius 1 is 1.00 bits per heavy atom. The Balaban J connectivity index is 1.60. The summed E-state index contributed by atoms with van der Waals surface area (Å²) in [6.45, 7) is 3.55. The summed E-state index contributed by atoms with van der Waals surface area (Å²) in [5, 5.41) is 2.67. The summed E-state index contributed by atoms with van der Waals surface area (Å²) in [6, 6.07) is 8.14. The van der Waals surface area contributed by atoms with Crippen LogP contribution in [0.4, 0.5) is 0 Å². The van der Waals surface area contributed by atoms with Gasteiger partial charge in [-0.05, 0) is 61.3 Å². The van der Waals surface area contributed by atoms with Crippen LogP contribution in [-0.2, 0) is 13.0 Å². The van der Waals surface area contributed by atoms with Gasteiger partial charge in [-0.2, -0.15) is 0 Å². The van der Waals surface area contributed by atoms with Crippen LogP contribution in [0.25, 0.3) is 10.9 Å². The summed E-state index contributed by atoms with van der Waals surface area (Å²) in [6.07, 6.45) is 11.1. The fourth-order valence-corrected chi connectivity index (χ4v) is 6.22. The zero-order valence-corrected chi connectivity index (χ0v) is 16.7. The van der Waals surface area contributed by atoms with E-state index in [4.69, 9.17) is 0 Å². The van der Waals surface area contributed by atoms with E-state index in [2.05, 4.69) is 43.6 Å². The van der Waals surface area contributed by atoms with Crippen LogP contribution < -0.4 is 0 Å². The number of fused-ring (bicyclic) bond motifs is 3. The lowest BCUT2D eigenvalue weighted by Gasteiger charge is -2.39. The molecule has 2 aliphatic carbocycles. The SMILES string of the molecule is BrCCN1CCn2c3c(c4cc(C5CCCCC5)ccc42)CCC[C@@H]31. The summed E-state index contributed by atoms with van der Waals surface area (Å²) in [7, 11) is 0. The van der Waals surface area contributed by atoms with E-state index in [0.717, 1.165) is 17.8 Å². The van der Waals surface area contributed by atoms with Crippen molar-refractivity contribution in [3.63, 3.8) is 0 Å². The van der Waals surface area contributed by atoms with Gasteiger partial charge < -0.3 is 4.57 Å². The van der Waals surface area contributed by atoms with Crippen molar-refractivity contribution in [2.45, 2.75) is 69.9 Å². The van der Waals surface area contributed by atoms with Crippen LogP contribution in [0, 0.1) is 0 Å². The van der Waals surface area contributed by atoms with Crippen molar-refractivity contribution in [3.8, 4) is 0 Å². The van der Waals surface area contributed by atoms with E-state index < -0.39 is 0 Å². The highest BCUT2D eigenvalue weighted by Gasteiger charge is 2.34. The highest BCUT2D eigenvalue weighted by Crippen LogP contribution is 2.43. The van der Waals surface area contributed by atoms with Crippen LogP contribution in [0.3, 0.4) is 0 Å². The first-order valence-corrected chi connectivity index (χ1v) is 11.4. The van der Waals surface area contributed by atoms with Gasteiger partial charge in [-0.1, -0.05) is 41.3 Å². The molecule has 3 heteroatoms. The van der Waals surface area contributed by atoms with Gasteiger partial charge in [0, 0.05) is 41.6 Å². The molecule has 5 rings (SSSR count). The number of halogens is 1. The second-order valence-electron chi connectivity index (χ2n) is 8.26. The Kier molecular flexibility index (Phi) is 4.41. The second kappa shape index (κ2) is 6.74. The number of aromatic nitrogens is 1. The number of rotatable bonds is 3. The molecule has 3 aliphatic rings. The molecular weight excluding hydrogens is 372 g/mol. The standard InChI is InChI=1S/C22H29BrN2/c23-11-12-24-13-14-25-20-10-9-17(16-5-2-1-3-6-16)15-19(20)18-7-4-8-21(24)22(18)25/h9-10,15-16,21H,1-8,11-14H2/t21-/m0/s1. The molecule has 0 N–H and O–H groups in total. The average Bonchev–Trinajstić information content (AvgIpc) is 3.00. The van der Waals surface area contributed by atoms with Crippen LogP contribution in [0.15, 0.2) is 18.2 Å². The molecule has 2 aromatic rings. The summed E-state index contributed by atoms with van der Waals surface area (Å²) >= 11 is 3.66. The molecule has 0 spiro atoms. The highest BCUT2D eigenvalue weighted by atomic mass is 79.9. The number of hydrogen-bond donors (Lipinski definition) is 0. The Morgan fingerprint density at radius 2 is 1.88 bits per heavy atom. The van der Waals surface area contributed by atoms with Gasteiger partial charge in [0.1, 0.15) is 0 Å². The molecule has 25 heavy (non-hydrogen) atoms. The molecule has 134 valence electrons. The van der Waals surface area contributed by atoms with Crippen LogP contribution in [-0.4, -0.2) is 27.9 Å². The Morgan fingerprint density at radius 3 is 2.72 bits per heavy atom. The Labute approximate surface area is 159 Å². The van der Waals surface area contributed by atoms with Crippen LogP contribution in [0.1, 0.15) is 73.7 Å². The molecule has 0 unspecified atom stereocenters. The first-order chi connectivity index (χ1) is 12.4. The number of aryl methyl sites for hydroxylation is 1. The third-order valence-corrected chi connectivity index (χ3v) is 7.31. The van der Waals surface area contributed by atoms with Gasteiger partial charge in [-0.3, -0.25) is 4.90 Å². The molecule has 1 aromatic carbocycles. The first kappa shape index (κ1) is 16.4. The van der Waals surface area contributed by atoms with Gasteiger partial charge in [-0.25, -0.2) is 0 Å². The summed E-state index contributed by atoms with van der Waals surface area (Å²) in [5.41, 5.74) is 6.47. The number of benzene rings is 1. The topological polar surface area (TPSA) is 8.17 Å². The Bertz CT molecular complexity index is 772. The van der Waals surface area contributed by atoms with Crippen molar-refractivity contribution in [1.82, 2.24) is 9.47 Å². The lowest BCUT2D eigenvalue weighted by molar-refractivity contribution is 0.151. The van der Waals surface area contributed by atoms with Crippen molar-refractivity contribution in [1.29, 1.82) is 0 Å². The van der Waals surface area contributed by atoms with Gasteiger partial charge in [0.05, 0.1) is 6.04 Å². The van der Waals surface area contributed by atoms with Crippen LogP contribution in [0.5, 0.6) is 0 Å². The van der Waals surface area contributed by atoms with E-state index in [1.54, 1.807) is 22.2 Å². The van der Waals surface area contributed by atoms with Gasteiger partial charge in [0.25, 0.3) is 0 Å². The zero-order chi connectivity index (χ0) is 16.8. The van der Waals surface area contributed by atoms with E-state index in [1.165, 1.54) is 70.0 Å². The molecule has 2 heterocycles. The molecule has 1 aromatic heterocycles. The van der Waals surface area contributed by atoms with Crippen molar-refractivity contribution in [3.05, 3.63) is 35.0 Å². The van der Waals surface area contributed by atoms with E-state index >= 15 is 0 Å². The van der Waals surface area contributed by atoms with E-state index in [-0.39, 0.29) is 0 Å². The predicted molar refractivity (Wildman–Crippen MR) is 109 cm³/mol. The fourth-order valence-electron chi connectivity index (χ4n) is 5.76. The van der Waals surface area contributed by atoms with Gasteiger partial charge in [-0.15, -0.1) is 0 Å². The fraction of sp³-hybridized carbons (Fsp3) is 0.636. The lowest BCUT2D eigenvalue weighted by Crippen LogP contribution is -2.40. The predicted octanol–water partition coefficient (Wildman–Crippen LogP) is 5.78. The molecule has 0 radical (unpaired) electrons.